The second-order valence-corrected chi connectivity index (χ2v) is 4.41. The highest BCUT2D eigenvalue weighted by Crippen LogP contribution is 2.13. The lowest BCUT2D eigenvalue weighted by molar-refractivity contribution is -0.124. The first-order chi connectivity index (χ1) is 6.65. The highest BCUT2D eigenvalue weighted by Gasteiger charge is 2.10. The summed E-state index contributed by atoms with van der Waals surface area (Å²) in [5, 5.41) is 6.99. The van der Waals surface area contributed by atoms with Gasteiger partial charge in [-0.15, -0.1) is 11.6 Å². The number of nitrogens with one attached hydrogen (secondary N) is 1. The van der Waals surface area contributed by atoms with Crippen LogP contribution in [-0.2, 0) is 11.3 Å². The number of halogens is 1. The summed E-state index contributed by atoms with van der Waals surface area (Å²) in [4.78, 5) is 11.4. The molecular formula is C10H14ClNOS. The second kappa shape index (κ2) is 5.37. The topological polar surface area (TPSA) is 29.1 Å². The molecular weight excluding hydrogens is 218 g/mol. The molecule has 0 fully saturated rings. The Balaban J connectivity index is 2.41. The fraction of sp³-hybridized carbons (Fsp3) is 0.500. The van der Waals surface area contributed by atoms with Crippen LogP contribution in [0, 0.1) is 12.8 Å². The minimum atomic E-state index is -0.115. The number of aryl methyl sites for hydroxylation is 1. The number of carbonyl (C=O) groups is 1. The van der Waals surface area contributed by atoms with Crippen molar-refractivity contribution in [2.75, 3.05) is 5.88 Å². The molecule has 0 radical (unpaired) electrons. The Hall–Kier alpha value is -0.540. The Bertz CT molecular complexity index is 311. The molecule has 1 atom stereocenters. The Kier molecular flexibility index (Phi) is 4.42. The van der Waals surface area contributed by atoms with Crippen molar-refractivity contribution in [1.82, 2.24) is 5.32 Å². The number of thiophene rings is 1. The molecule has 2 nitrogen and oxygen atoms in total. The van der Waals surface area contributed by atoms with E-state index >= 15 is 0 Å². The van der Waals surface area contributed by atoms with Crippen molar-refractivity contribution >= 4 is 28.8 Å². The minimum Gasteiger partial charge on any atom is -0.352 e. The summed E-state index contributed by atoms with van der Waals surface area (Å²) in [6, 6.07) is 0. The van der Waals surface area contributed by atoms with Crippen molar-refractivity contribution in [3.63, 3.8) is 0 Å². The van der Waals surface area contributed by atoms with E-state index in [0.717, 1.165) is 0 Å². The van der Waals surface area contributed by atoms with Crippen LogP contribution in [0.5, 0.6) is 0 Å². The lowest BCUT2D eigenvalue weighted by Gasteiger charge is -2.08. The molecule has 1 N–H and O–H groups in total. The molecule has 0 aliphatic carbocycles. The highest BCUT2D eigenvalue weighted by molar-refractivity contribution is 7.08. The predicted molar refractivity (Wildman–Crippen MR) is 60.8 cm³/mol. The normalized spacial score (nSPS) is 12.5. The fourth-order valence-electron chi connectivity index (χ4n) is 0.995. The first kappa shape index (κ1) is 11.5. The zero-order valence-corrected chi connectivity index (χ0v) is 9.91. The van der Waals surface area contributed by atoms with Crippen molar-refractivity contribution in [3.05, 3.63) is 21.9 Å². The Morgan fingerprint density at radius 2 is 2.36 bits per heavy atom. The van der Waals surface area contributed by atoms with Gasteiger partial charge >= 0.3 is 0 Å². The standard InChI is InChI=1S/C10H14ClNOS/c1-7(3-11)10(13)12-4-9-6-14-5-8(9)2/h5-7H,3-4H2,1-2H3,(H,12,13). The van der Waals surface area contributed by atoms with Crippen LogP contribution in [0.25, 0.3) is 0 Å². The highest BCUT2D eigenvalue weighted by atomic mass is 35.5. The van der Waals surface area contributed by atoms with Gasteiger partial charge in [0.05, 0.1) is 0 Å². The van der Waals surface area contributed by atoms with Crippen molar-refractivity contribution in [2.45, 2.75) is 20.4 Å². The molecule has 78 valence electrons. The van der Waals surface area contributed by atoms with Gasteiger partial charge in [0, 0.05) is 18.3 Å². The summed E-state index contributed by atoms with van der Waals surface area (Å²) in [5.41, 5.74) is 2.42. The molecule has 0 aliphatic heterocycles. The van der Waals surface area contributed by atoms with E-state index in [1.807, 2.05) is 13.8 Å². The molecule has 0 aromatic carbocycles. The number of rotatable bonds is 4. The molecule has 4 heteroatoms. The average Bonchev–Trinajstić information content (AvgIpc) is 2.59. The van der Waals surface area contributed by atoms with E-state index in [4.69, 9.17) is 11.6 Å². The lowest BCUT2D eigenvalue weighted by atomic mass is 10.2. The summed E-state index contributed by atoms with van der Waals surface area (Å²) in [5.74, 6) is 0.273. The van der Waals surface area contributed by atoms with E-state index in [9.17, 15) is 4.79 Å². The van der Waals surface area contributed by atoms with Crippen LogP contribution in [0.3, 0.4) is 0 Å². The SMILES string of the molecule is Cc1cscc1CNC(=O)C(C)CCl. The summed E-state index contributed by atoms with van der Waals surface area (Å²) in [6.45, 7) is 4.47. The Morgan fingerprint density at radius 3 is 2.86 bits per heavy atom. The quantitative estimate of drug-likeness (QED) is 0.793. The van der Waals surface area contributed by atoms with Crippen LogP contribution in [-0.4, -0.2) is 11.8 Å². The van der Waals surface area contributed by atoms with E-state index in [-0.39, 0.29) is 11.8 Å². The fourth-order valence-corrected chi connectivity index (χ4v) is 1.99. The number of carbonyl (C=O) groups excluding carboxylic acids is 1. The first-order valence-electron chi connectivity index (χ1n) is 4.50. The molecule has 1 aromatic rings. The molecule has 0 aliphatic rings. The van der Waals surface area contributed by atoms with Gasteiger partial charge < -0.3 is 5.32 Å². The van der Waals surface area contributed by atoms with Gasteiger partial charge in [-0.3, -0.25) is 4.79 Å². The Morgan fingerprint density at radius 1 is 1.64 bits per heavy atom. The third-order valence-electron chi connectivity index (χ3n) is 2.09. The maximum Gasteiger partial charge on any atom is 0.224 e. The van der Waals surface area contributed by atoms with Gasteiger partial charge in [0.2, 0.25) is 5.91 Å². The van der Waals surface area contributed by atoms with E-state index in [1.165, 1.54) is 11.1 Å². The molecule has 1 unspecified atom stereocenters. The molecule has 0 saturated carbocycles. The van der Waals surface area contributed by atoms with Gasteiger partial charge in [-0.05, 0) is 28.8 Å². The van der Waals surface area contributed by atoms with Crippen LogP contribution in [0.4, 0.5) is 0 Å². The number of hydrogen-bond acceptors (Lipinski definition) is 2. The first-order valence-corrected chi connectivity index (χ1v) is 5.98. The molecule has 1 heterocycles. The van der Waals surface area contributed by atoms with Crippen LogP contribution < -0.4 is 5.32 Å². The monoisotopic (exact) mass is 231 g/mol. The second-order valence-electron chi connectivity index (χ2n) is 3.35. The zero-order valence-electron chi connectivity index (χ0n) is 8.34. The summed E-state index contributed by atoms with van der Waals surface area (Å²) in [7, 11) is 0. The largest absolute Gasteiger partial charge is 0.352 e. The number of alkyl halides is 1. The van der Waals surface area contributed by atoms with Crippen molar-refractivity contribution in [1.29, 1.82) is 0 Å². The van der Waals surface area contributed by atoms with Gasteiger partial charge in [0.25, 0.3) is 0 Å². The number of hydrogen-bond donors (Lipinski definition) is 1. The van der Waals surface area contributed by atoms with Crippen molar-refractivity contribution in [2.24, 2.45) is 5.92 Å². The predicted octanol–water partition coefficient (Wildman–Crippen LogP) is 2.55. The maximum absolute atomic E-state index is 11.4. The minimum absolute atomic E-state index is 0.0191. The summed E-state index contributed by atoms with van der Waals surface area (Å²) < 4.78 is 0. The molecule has 14 heavy (non-hydrogen) atoms. The van der Waals surface area contributed by atoms with E-state index in [0.29, 0.717) is 12.4 Å². The summed E-state index contributed by atoms with van der Waals surface area (Å²) in [6.07, 6.45) is 0. The average molecular weight is 232 g/mol. The van der Waals surface area contributed by atoms with Gasteiger partial charge in [-0.1, -0.05) is 6.92 Å². The molecule has 1 aromatic heterocycles. The lowest BCUT2D eigenvalue weighted by Crippen LogP contribution is -2.29. The van der Waals surface area contributed by atoms with Crippen LogP contribution >= 0.6 is 22.9 Å². The van der Waals surface area contributed by atoms with Crippen LogP contribution in [0.2, 0.25) is 0 Å². The van der Waals surface area contributed by atoms with Crippen molar-refractivity contribution in [3.8, 4) is 0 Å². The smallest absolute Gasteiger partial charge is 0.224 e. The van der Waals surface area contributed by atoms with Crippen molar-refractivity contribution < 1.29 is 4.79 Å². The Labute approximate surface area is 93.3 Å². The molecule has 1 rings (SSSR count). The third kappa shape index (κ3) is 3.00. The zero-order chi connectivity index (χ0) is 10.6. The van der Waals surface area contributed by atoms with Gasteiger partial charge in [0.15, 0.2) is 0 Å². The molecule has 0 spiro atoms. The van der Waals surface area contributed by atoms with E-state index in [2.05, 4.69) is 16.1 Å². The van der Waals surface area contributed by atoms with E-state index in [1.54, 1.807) is 11.3 Å². The van der Waals surface area contributed by atoms with Crippen LogP contribution in [0.1, 0.15) is 18.1 Å². The van der Waals surface area contributed by atoms with Gasteiger partial charge in [-0.25, -0.2) is 0 Å². The van der Waals surface area contributed by atoms with Crippen LogP contribution in [0.15, 0.2) is 10.8 Å². The summed E-state index contributed by atoms with van der Waals surface area (Å²) >= 11 is 7.23. The number of amides is 1. The third-order valence-corrected chi connectivity index (χ3v) is 3.47. The van der Waals surface area contributed by atoms with Gasteiger partial charge in [-0.2, -0.15) is 11.3 Å². The molecule has 0 bridgehead atoms. The molecule has 1 amide bonds. The van der Waals surface area contributed by atoms with E-state index < -0.39 is 0 Å². The maximum atomic E-state index is 11.4. The van der Waals surface area contributed by atoms with Gasteiger partial charge in [0.1, 0.15) is 0 Å². The molecule has 0 saturated heterocycles.